The predicted octanol–water partition coefficient (Wildman–Crippen LogP) is 0.479. The molecule has 1 saturated carbocycles. The van der Waals surface area contributed by atoms with Gasteiger partial charge in [0, 0.05) is 12.6 Å². The maximum Gasteiger partial charge on any atom is 0.277 e. The van der Waals surface area contributed by atoms with E-state index in [0.29, 0.717) is 0 Å². The molecule has 0 aliphatic heterocycles. The fourth-order valence-corrected chi connectivity index (χ4v) is 2.37. The first kappa shape index (κ1) is 11.4. The van der Waals surface area contributed by atoms with Crippen molar-refractivity contribution in [3.8, 4) is 5.75 Å². The highest BCUT2D eigenvalue weighted by molar-refractivity contribution is 7.87. The molecule has 1 aromatic carbocycles. The summed E-state index contributed by atoms with van der Waals surface area (Å²) in [6, 6.07) is 6.51. The van der Waals surface area contributed by atoms with E-state index in [0.717, 1.165) is 18.4 Å². The molecule has 0 unspecified atom stereocenters. The summed E-state index contributed by atoms with van der Waals surface area (Å²) >= 11 is 0. The van der Waals surface area contributed by atoms with Crippen LogP contribution in [0.5, 0.6) is 5.75 Å². The van der Waals surface area contributed by atoms with E-state index in [2.05, 4.69) is 9.44 Å². The predicted molar refractivity (Wildman–Crippen MR) is 60.0 cm³/mol. The summed E-state index contributed by atoms with van der Waals surface area (Å²) in [5, 5.41) is 9.06. The molecule has 6 heteroatoms. The lowest BCUT2D eigenvalue weighted by Gasteiger charge is -2.07. The summed E-state index contributed by atoms with van der Waals surface area (Å²) in [5.74, 6) is 0.169. The van der Waals surface area contributed by atoms with Crippen LogP contribution in [0.15, 0.2) is 24.3 Å². The number of aromatic hydroxyl groups is 1. The van der Waals surface area contributed by atoms with Crippen molar-refractivity contribution in [1.29, 1.82) is 0 Å². The minimum Gasteiger partial charge on any atom is -0.508 e. The van der Waals surface area contributed by atoms with Crippen molar-refractivity contribution in [3.63, 3.8) is 0 Å². The minimum absolute atomic E-state index is 0.109. The number of phenols is 1. The van der Waals surface area contributed by atoms with Crippen LogP contribution in [0.4, 0.5) is 0 Å². The number of benzene rings is 1. The van der Waals surface area contributed by atoms with Crippen molar-refractivity contribution in [1.82, 2.24) is 9.44 Å². The molecule has 0 radical (unpaired) electrons. The van der Waals surface area contributed by atoms with Gasteiger partial charge >= 0.3 is 0 Å². The minimum atomic E-state index is -3.39. The third-order valence-electron chi connectivity index (χ3n) is 2.30. The zero-order valence-electron chi connectivity index (χ0n) is 8.68. The molecule has 0 aromatic heterocycles. The molecular weight excluding hydrogens is 228 g/mol. The van der Waals surface area contributed by atoms with Crippen molar-refractivity contribution in [2.75, 3.05) is 0 Å². The number of hydrogen-bond acceptors (Lipinski definition) is 3. The van der Waals surface area contributed by atoms with Crippen molar-refractivity contribution in [2.24, 2.45) is 0 Å². The zero-order valence-corrected chi connectivity index (χ0v) is 9.50. The lowest BCUT2D eigenvalue weighted by atomic mass is 10.2. The van der Waals surface area contributed by atoms with Gasteiger partial charge in [0.05, 0.1) is 0 Å². The second-order valence-corrected chi connectivity index (χ2v) is 5.41. The Bertz CT molecular complexity index is 451. The van der Waals surface area contributed by atoms with E-state index in [1.165, 1.54) is 12.1 Å². The summed E-state index contributed by atoms with van der Waals surface area (Å²) in [6.07, 6.45) is 1.83. The molecule has 1 aromatic rings. The van der Waals surface area contributed by atoms with E-state index in [4.69, 9.17) is 5.11 Å². The third-order valence-corrected chi connectivity index (χ3v) is 3.47. The average Bonchev–Trinajstić information content (AvgIpc) is 3.00. The highest BCUT2D eigenvalue weighted by Crippen LogP contribution is 2.19. The molecule has 3 N–H and O–H groups in total. The zero-order chi connectivity index (χ0) is 11.6. The van der Waals surface area contributed by atoms with E-state index >= 15 is 0 Å². The molecule has 0 spiro atoms. The Morgan fingerprint density at radius 2 is 1.88 bits per heavy atom. The number of nitrogens with one attached hydrogen (secondary N) is 2. The molecule has 0 heterocycles. The number of rotatable bonds is 5. The molecule has 88 valence electrons. The quantitative estimate of drug-likeness (QED) is 0.702. The molecule has 0 amide bonds. The largest absolute Gasteiger partial charge is 0.508 e. The van der Waals surface area contributed by atoms with E-state index in [1.54, 1.807) is 12.1 Å². The summed E-state index contributed by atoms with van der Waals surface area (Å²) in [5.41, 5.74) is 0.805. The van der Waals surface area contributed by atoms with Gasteiger partial charge in [-0.05, 0) is 30.5 Å². The van der Waals surface area contributed by atoms with Gasteiger partial charge in [-0.3, -0.25) is 0 Å². The Balaban J connectivity index is 1.88. The Hall–Kier alpha value is -1.11. The van der Waals surface area contributed by atoms with Crippen molar-refractivity contribution in [2.45, 2.75) is 25.4 Å². The first-order valence-electron chi connectivity index (χ1n) is 5.10. The normalized spacial score (nSPS) is 16.2. The second kappa shape index (κ2) is 4.40. The molecule has 0 bridgehead atoms. The molecule has 5 nitrogen and oxygen atoms in total. The first-order chi connectivity index (χ1) is 7.55. The van der Waals surface area contributed by atoms with Crippen molar-refractivity contribution >= 4 is 10.2 Å². The van der Waals surface area contributed by atoms with E-state index in [9.17, 15) is 8.42 Å². The smallest absolute Gasteiger partial charge is 0.277 e. The van der Waals surface area contributed by atoms with Crippen LogP contribution in [0.25, 0.3) is 0 Å². The van der Waals surface area contributed by atoms with Gasteiger partial charge in [-0.15, -0.1) is 0 Å². The average molecular weight is 242 g/mol. The van der Waals surface area contributed by atoms with Crippen LogP contribution in [0, 0.1) is 0 Å². The number of hydrogen-bond donors (Lipinski definition) is 3. The standard InChI is InChI=1S/C10H14N2O3S/c13-10-5-1-8(2-6-10)7-11-16(14,15)12-9-3-4-9/h1-2,5-6,9,11-13H,3-4,7H2. The van der Waals surface area contributed by atoms with E-state index in [-0.39, 0.29) is 18.3 Å². The molecule has 0 saturated heterocycles. The second-order valence-electron chi connectivity index (χ2n) is 3.88. The van der Waals surface area contributed by atoms with Gasteiger partial charge in [-0.1, -0.05) is 12.1 Å². The Morgan fingerprint density at radius 1 is 1.25 bits per heavy atom. The van der Waals surface area contributed by atoms with Crippen LogP contribution in [0.3, 0.4) is 0 Å². The molecule has 1 fully saturated rings. The summed E-state index contributed by atoms with van der Waals surface area (Å²) in [7, 11) is -3.39. The van der Waals surface area contributed by atoms with E-state index < -0.39 is 10.2 Å². The lowest BCUT2D eigenvalue weighted by molar-refractivity contribution is 0.475. The summed E-state index contributed by atoms with van der Waals surface area (Å²) in [6.45, 7) is 0.225. The van der Waals surface area contributed by atoms with Crippen LogP contribution in [-0.2, 0) is 16.8 Å². The van der Waals surface area contributed by atoms with Gasteiger partial charge in [0.1, 0.15) is 5.75 Å². The Labute approximate surface area is 94.7 Å². The molecular formula is C10H14N2O3S. The fraction of sp³-hybridized carbons (Fsp3) is 0.400. The molecule has 1 aliphatic rings. The van der Waals surface area contributed by atoms with Gasteiger partial charge in [-0.25, -0.2) is 0 Å². The molecule has 0 atom stereocenters. The van der Waals surface area contributed by atoms with Crippen LogP contribution in [-0.4, -0.2) is 19.6 Å². The maximum absolute atomic E-state index is 11.4. The summed E-state index contributed by atoms with van der Waals surface area (Å²) in [4.78, 5) is 0. The molecule has 1 aliphatic carbocycles. The molecule has 16 heavy (non-hydrogen) atoms. The van der Waals surface area contributed by atoms with Crippen LogP contribution in [0.1, 0.15) is 18.4 Å². The van der Waals surface area contributed by atoms with Crippen molar-refractivity contribution < 1.29 is 13.5 Å². The van der Waals surface area contributed by atoms with Gasteiger partial charge < -0.3 is 5.11 Å². The maximum atomic E-state index is 11.4. The third kappa shape index (κ3) is 3.48. The van der Waals surface area contributed by atoms with Crippen molar-refractivity contribution in [3.05, 3.63) is 29.8 Å². The van der Waals surface area contributed by atoms with Gasteiger partial charge in [-0.2, -0.15) is 17.9 Å². The lowest BCUT2D eigenvalue weighted by Crippen LogP contribution is -2.37. The highest BCUT2D eigenvalue weighted by Gasteiger charge is 2.26. The van der Waals surface area contributed by atoms with Crippen LogP contribution >= 0.6 is 0 Å². The van der Waals surface area contributed by atoms with Crippen LogP contribution in [0.2, 0.25) is 0 Å². The van der Waals surface area contributed by atoms with Gasteiger partial charge in [0.2, 0.25) is 0 Å². The fourth-order valence-electron chi connectivity index (χ4n) is 1.25. The first-order valence-corrected chi connectivity index (χ1v) is 6.58. The van der Waals surface area contributed by atoms with Gasteiger partial charge in [0.15, 0.2) is 0 Å². The SMILES string of the molecule is O=S(=O)(NCc1ccc(O)cc1)NC1CC1. The summed E-state index contributed by atoms with van der Waals surface area (Å²) < 4.78 is 27.9. The Morgan fingerprint density at radius 3 is 2.44 bits per heavy atom. The van der Waals surface area contributed by atoms with Gasteiger partial charge in [0.25, 0.3) is 10.2 Å². The monoisotopic (exact) mass is 242 g/mol. The van der Waals surface area contributed by atoms with Crippen LogP contribution < -0.4 is 9.44 Å². The topological polar surface area (TPSA) is 78.4 Å². The highest BCUT2D eigenvalue weighted by atomic mass is 32.2. The van der Waals surface area contributed by atoms with E-state index in [1.807, 2.05) is 0 Å². The Kier molecular flexibility index (Phi) is 3.13. The molecule has 2 rings (SSSR count). The number of phenolic OH excluding ortho intramolecular Hbond substituents is 1.